The van der Waals surface area contributed by atoms with Crippen molar-refractivity contribution < 1.29 is 9.53 Å². The molecule has 1 aromatic carbocycles. The second-order valence-electron chi connectivity index (χ2n) is 6.09. The van der Waals surface area contributed by atoms with Gasteiger partial charge in [-0.05, 0) is 42.7 Å². The van der Waals surface area contributed by atoms with Gasteiger partial charge in [-0.1, -0.05) is 31.2 Å². The lowest BCUT2D eigenvalue weighted by Crippen LogP contribution is -2.27. The fourth-order valence-electron chi connectivity index (χ4n) is 3.49. The van der Waals surface area contributed by atoms with E-state index < -0.39 is 0 Å². The molecular formula is C17H22O2. The molecule has 3 rings (SSSR count). The zero-order valence-electron chi connectivity index (χ0n) is 11.6. The Bertz CT molecular complexity index is 466. The van der Waals surface area contributed by atoms with Gasteiger partial charge in [-0.15, -0.1) is 0 Å². The van der Waals surface area contributed by atoms with Crippen LogP contribution in [0.15, 0.2) is 24.3 Å². The molecule has 3 atom stereocenters. The van der Waals surface area contributed by atoms with E-state index in [9.17, 15) is 4.79 Å². The Balaban J connectivity index is 1.75. The topological polar surface area (TPSA) is 26.3 Å². The van der Waals surface area contributed by atoms with Crippen LogP contribution in [0, 0.1) is 11.8 Å². The van der Waals surface area contributed by atoms with Gasteiger partial charge in [-0.3, -0.25) is 4.79 Å². The summed E-state index contributed by atoms with van der Waals surface area (Å²) < 4.78 is 5.94. The normalized spacial score (nSPS) is 31.0. The number of hydrogen-bond donors (Lipinski definition) is 0. The number of carbonyl (C=O) groups excluding carboxylic acids is 1. The van der Waals surface area contributed by atoms with E-state index in [-0.39, 0.29) is 12.0 Å². The van der Waals surface area contributed by atoms with E-state index in [1.807, 2.05) is 0 Å². The van der Waals surface area contributed by atoms with Crippen molar-refractivity contribution in [3.05, 3.63) is 35.4 Å². The molecule has 1 aliphatic carbocycles. The van der Waals surface area contributed by atoms with E-state index in [1.165, 1.54) is 11.1 Å². The third-order valence-electron chi connectivity index (χ3n) is 4.62. The molecule has 102 valence electrons. The minimum atomic E-state index is 0.129. The van der Waals surface area contributed by atoms with E-state index in [4.69, 9.17) is 4.74 Å². The molecule has 1 heterocycles. The molecule has 3 unspecified atom stereocenters. The van der Waals surface area contributed by atoms with Gasteiger partial charge in [0.2, 0.25) is 0 Å². The van der Waals surface area contributed by atoms with Crippen molar-refractivity contribution in [2.45, 2.75) is 45.1 Å². The second kappa shape index (κ2) is 5.46. The lowest BCUT2D eigenvalue weighted by atomic mass is 9.77. The maximum Gasteiger partial charge on any atom is 0.136 e. The van der Waals surface area contributed by atoms with Crippen LogP contribution in [0.5, 0.6) is 0 Å². The van der Waals surface area contributed by atoms with Gasteiger partial charge in [0.25, 0.3) is 0 Å². The molecule has 19 heavy (non-hydrogen) atoms. The SMILES string of the molecule is CC1CCC(=O)C(CC2OCCc3ccccc32)C1. The molecule has 0 saturated heterocycles. The van der Waals surface area contributed by atoms with E-state index in [1.54, 1.807) is 0 Å². The molecule has 0 N–H and O–H groups in total. The quantitative estimate of drug-likeness (QED) is 0.808. The van der Waals surface area contributed by atoms with Gasteiger partial charge < -0.3 is 4.74 Å². The lowest BCUT2D eigenvalue weighted by Gasteiger charge is -2.32. The molecule has 0 aromatic heterocycles. The number of ketones is 1. The first-order chi connectivity index (χ1) is 9.24. The van der Waals surface area contributed by atoms with Crippen LogP contribution >= 0.6 is 0 Å². The Morgan fingerprint density at radius 3 is 3.00 bits per heavy atom. The molecule has 0 amide bonds. The van der Waals surface area contributed by atoms with Crippen LogP contribution < -0.4 is 0 Å². The number of rotatable bonds is 2. The highest BCUT2D eigenvalue weighted by atomic mass is 16.5. The standard InChI is InChI=1S/C17H22O2/c1-12-6-7-16(18)14(10-12)11-17-15-5-3-2-4-13(15)8-9-19-17/h2-5,12,14,17H,6-11H2,1H3. The fraction of sp³-hybridized carbons (Fsp3) is 0.588. The summed E-state index contributed by atoms with van der Waals surface area (Å²) in [5, 5.41) is 0. The van der Waals surface area contributed by atoms with Crippen molar-refractivity contribution in [1.82, 2.24) is 0 Å². The summed E-state index contributed by atoms with van der Waals surface area (Å²) in [6, 6.07) is 8.52. The first kappa shape index (κ1) is 12.9. The first-order valence-electron chi connectivity index (χ1n) is 7.46. The summed E-state index contributed by atoms with van der Waals surface area (Å²) in [5.41, 5.74) is 2.70. The third-order valence-corrected chi connectivity index (χ3v) is 4.62. The van der Waals surface area contributed by atoms with Crippen LogP contribution in [0.1, 0.15) is 49.8 Å². The first-order valence-corrected chi connectivity index (χ1v) is 7.46. The highest BCUT2D eigenvalue weighted by molar-refractivity contribution is 5.81. The minimum absolute atomic E-state index is 0.129. The van der Waals surface area contributed by atoms with Crippen LogP contribution in [0.2, 0.25) is 0 Å². The van der Waals surface area contributed by atoms with E-state index in [0.29, 0.717) is 11.7 Å². The third kappa shape index (κ3) is 2.74. The maximum absolute atomic E-state index is 12.1. The second-order valence-corrected chi connectivity index (χ2v) is 6.09. The van der Waals surface area contributed by atoms with Crippen molar-refractivity contribution in [2.24, 2.45) is 11.8 Å². The van der Waals surface area contributed by atoms with Gasteiger partial charge in [0.1, 0.15) is 5.78 Å². The number of carbonyl (C=O) groups is 1. The monoisotopic (exact) mass is 258 g/mol. The average Bonchev–Trinajstić information content (AvgIpc) is 2.43. The Labute approximate surface area is 115 Å². The van der Waals surface area contributed by atoms with E-state index >= 15 is 0 Å². The van der Waals surface area contributed by atoms with Crippen LogP contribution in [-0.4, -0.2) is 12.4 Å². The molecule has 2 aliphatic rings. The molecule has 0 radical (unpaired) electrons. The summed E-state index contributed by atoms with van der Waals surface area (Å²) in [5.74, 6) is 1.34. The zero-order chi connectivity index (χ0) is 13.2. The van der Waals surface area contributed by atoms with Gasteiger partial charge in [0.05, 0.1) is 12.7 Å². The Morgan fingerprint density at radius 2 is 2.11 bits per heavy atom. The van der Waals surface area contributed by atoms with Crippen LogP contribution in [-0.2, 0) is 16.0 Å². The van der Waals surface area contributed by atoms with Crippen molar-refractivity contribution >= 4 is 5.78 Å². The van der Waals surface area contributed by atoms with Crippen molar-refractivity contribution in [3.8, 4) is 0 Å². The summed E-state index contributed by atoms with van der Waals surface area (Å²) in [6.07, 6.45) is 4.88. The van der Waals surface area contributed by atoms with Gasteiger partial charge in [-0.25, -0.2) is 0 Å². The van der Waals surface area contributed by atoms with Crippen LogP contribution in [0.3, 0.4) is 0 Å². The molecule has 1 aromatic rings. The molecule has 0 spiro atoms. The maximum atomic E-state index is 12.1. The number of benzene rings is 1. The number of ether oxygens (including phenoxy) is 1. The van der Waals surface area contributed by atoms with Gasteiger partial charge in [-0.2, -0.15) is 0 Å². The van der Waals surface area contributed by atoms with Gasteiger partial charge in [0, 0.05) is 12.3 Å². The molecular weight excluding hydrogens is 236 g/mol. The lowest BCUT2D eigenvalue weighted by molar-refractivity contribution is -0.127. The minimum Gasteiger partial charge on any atom is -0.373 e. The largest absolute Gasteiger partial charge is 0.373 e. The summed E-state index contributed by atoms with van der Waals surface area (Å²) in [6.45, 7) is 3.05. The van der Waals surface area contributed by atoms with Crippen molar-refractivity contribution in [3.63, 3.8) is 0 Å². The van der Waals surface area contributed by atoms with E-state index in [0.717, 1.165) is 38.7 Å². The summed E-state index contributed by atoms with van der Waals surface area (Å²) >= 11 is 0. The number of fused-ring (bicyclic) bond motifs is 1. The summed E-state index contributed by atoms with van der Waals surface area (Å²) in [4.78, 5) is 12.1. The van der Waals surface area contributed by atoms with E-state index in [2.05, 4.69) is 31.2 Å². The average molecular weight is 258 g/mol. The van der Waals surface area contributed by atoms with Gasteiger partial charge in [0.15, 0.2) is 0 Å². The molecule has 1 aliphatic heterocycles. The highest BCUT2D eigenvalue weighted by Crippen LogP contribution is 2.37. The zero-order valence-corrected chi connectivity index (χ0v) is 11.6. The van der Waals surface area contributed by atoms with Crippen molar-refractivity contribution in [2.75, 3.05) is 6.61 Å². The molecule has 1 fully saturated rings. The molecule has 1 saturated carbocycles. The summed E-state index contributed by atoms with van der Waals surface area (Å²) in [7, 11) is 0. The molecule has 0 bridgehead atoms. The van der Waals surface area contributed by atoms with Crippen LogP contribution in [0.4, 0.5) is 0 Å². The molecule has 2 heteroatoms. The number of hydrogen-bond acceptors (Lipinski definition) is 2. The fourth-order valence-corrected chi connectivity index (χ4v) is 3.49. The Hall–Kier alpha value is -1.15. The highest BCUT2D eigenvalue weighted by Gasteiger charge is 2.31. The predicted molar refractivity (Wildman–Crippen MR) is 75.0 cm³/mol. The van der Waals surface area contributed by atoms with Crippen LogP contribution in [0.25, 0.3) is 0 Å². The predicted octanol–water partition coefficient (Wildman–Crippen LogP) is 3.70. The Kier molecular flexibility index (Phi) is 3.69. The number of Topliss-reactive ketones (excluding diaryl/α,β-unsaturated/α-hetero) is 1. The van der Waals surface area contributed by atoms with Crippen molar-refractivity contribution in [1.29, 1.82) is 0 Å². The Morgan fingerprint density at radius 1 is 1.26 bits per heavy atom. The smallest absolute Gasteiger partial charge is 0.136 e. The van der Waals surface area contributed by atoms with Gasteiger partial charge >= 0.3 is 0 Å². The molecule has 2 nitrogen and oxygen atoms in total.